The van der Waals surface area contributed by atoms with Gasteiger partial charge >= 0.3 is 0 Å². The van der Waals surface area contributed by atoms with Crippen molar-refractivity contribution in [2.24, 2.45) is 5.92 Å². The lowest BCUT2D eigenvalue weighted by molar-refractivity contribution is -0.129. The Morgan fingerprint density at radius 1 is 1.30 bits per heavy atom. The summed E-state index contributed by atoms with van der Waals surface area (Å²) in [6.07, 6.45) is 5.76. The highest BCUT2D eigenvalue weighted by molar-refractivity contribution is 5.89. The topological polar surface area (TPSA) is 71.5 Å². The van der Waals surface area contributed by atoms with Crippen LogP contribution in [0.25, 0.3) is 0 Å². The second-order valence-electron chi connectivity index (χ2n) is 7.15. The van der Waals surface area contributed by atoms with Gasteiger partial charge in [0.2, 0.25) is 11.8 Å². The summed E-state index contributed by atoms with van der Waals surface area (Å²) in [7, 11) is 0. The third kappa shape index (κ3) is 4.10. The Balaban J connectivity index is 1.32. The number of ether oxygens (including phenoxy) is 1. The van der Waals surface area contributed by atoms with Gasteiger partial charge < -0.3 is 15.0 Å². The van der Waals surface area contributed by atoms with Gasteiger partial charge in [-0.3, -0.25) is 14.6 Å². The molecule has 0 spiro atoms. The number of hydrogen-bond acceptors (Lipinski definition) is 4. The number of benzene rings is 1. The van der Waals surface area contributed by atoms with E-state index in [-0.39, 0.29) is 24.2 Å². The molecule has 0 radical (unpaired) electrons. The summed E-state index contributed by atoms with van der Waals surface area (Å²) in [4.78, 5) is 30.6. The Bertz CT molecular complexity index is 838. The molecular formula is C21H23N3O3. The monoisotopic (exact) mass is 365 g/mol. The summed E-state index contributed by atoms with van der Waals surface area (Å²) < 4.78 is 5.62. The number of amides is 2. The van der Waals surface area contributed by atoms with E-state index in [0.717, 1.165) is 36.3 Å². The molecule has 0 aliphatic carbocycles. The van der Waals surface area contributed by atoms with Crippen LogP contribution in [-0.2, 0) is 29.1 Å². The normalized spacial score (nSPS) is 18.7. The maximum atomic E-state index is 12.5. The first-order valence-electron chi connectivity index (χ1n) is 9.38. The summed E-state index contributed by atoms with van der Waals surface area (Å²) in [5, 5.41) is 2.98. The zero-order chi connectivity index (χ0) is 18.6. The number of nitrogens with zero attached hydrogens (tertiary/aromatic N) is 2. The third-order valence-corrected chi connectivity index (χ3v) is 5.12. The molecule has 0 saturated carbocycles. The van der Waals surface area contributed by atoms with Crippen LogP contribution in [0.1, 0.15) is 29.5 Å². The van der Waals surface area contributed by atoms with E-state index in [9.17, 15) is 9.59 Å². The van der Waals surface area contributed by atoms with Gasteiger partial charge in [0, 0.05) is 38.4 Å². The summed E-state index contributed by atoms with van der Waals surface area (Å²) in [5.74, 6) is 0.606. The van der Waals surface area contributed by atoms with Gasteiger partial charge in [0.1, 0.15) is 5.75 Å². The molecule has 1 fully saturated rings. The summed E-state index contributed by atoms with van der Waals surface area (Å²) in [6.45, 7) is 2.20. The number of fused-ring (bicyclic) bond motifs is 1. The van der Waals surface area contributed by atoms with Crippen LogP contribution in [-0.4, -0.2) is 34.8 Å². The molecule has 2 aromatic rings. The molecule has 140 valence electrons. The molecule has 6 nitrogen and oxygen atoms in total. The van der Waals surface area contributed by atoms with Gasteiger partial charge in [-0.15, -0.1) is 0 Å². The van der Waals surface area contributed by atoms with E-state index in [1.807, 2.05) is 24.3 Å². The van der Waals surface area contributed by atoms with E-state index >= 15 is 0 Å². The minimum atomic E-state index is -0.296. The predicted molar refractivity (Wildman–Crippen MR) is 99.9 cm³/mol. The Kier molecular flexibility index (Phi) is 5.05. The number of pyridine rings is 1. The van der Waals surface area contributed by atoms with Crippen molar-refractivity contribution >= 4 is 11.8 Å². The van der Waals surface area contributed by atoms with E-state index < -0.39 is 0 Å². The first-order valence-corrected chi connectivity index (χ1v) is 9.38. The van der Waals surface area contributed by atoms with E-state index in [1.165, 1.54) is 5.56 Å². The lowest BCUT2D eigenvalue weighted by Gasteiger charge is -2.18. The molecule has 4 rings (SSSR count). The van der Waals surface area contributed by atoms with E-state index in [4.69, 9.17) is 4.74 Å². The van der Waals surface area contributed by atoms with Crippen LogP contribution in [0, 0.1) is 5.92 Å². The highest BCUT2D eigenvalue weighted by Gasteiger charge is 2.34. The lowest BCUT2D eigenvalue weighted by Crippen LogP contribution is -2.32. The van der Waals surface area contributed by atoms with Crippen molar-refractivity contribution in [2.75, 3.05) is 13.2 Å². The van der Waals surface area contributed by atoms with Gasteiger partial charge in [0.15, 0.2) is 0 Å². The minimum Gasteiger partial charge on any atom is -0.493 e. The first-order chi connectivity index (χ1) is 13.2. The van der Waals surface area contributed by atoms with Crippen LogP contribution in [0.4, 0.5) is 0 Å². The molecule has 1 atom stereocenters. The highest BCUT2D eigenvalue weighted by Crippen LogP contribution is 2.26. The molecule has 2 aliphatic heterocycles. The fraction of sp³-hybridized carbons (Fsp3) is 0.381. The van der Waals surface area contributed by atoms with Crippen molar-refractivity contribution in [3.63, 3.8) is 0 Å². The number of nitrogens with one attached hydrogen (secondary N) is 1. The molecule has 1 aromatic heterocycles. The van der Waals surface area contributed by atoms with Crippen LogP contribution >= 0.6 is 0 Å². The third-order valence-electron chi connectivity index (χ3n) is 5.12. The maximum absolute atomic E-state index is 12.5. The molecule has 0 bridgehead atoms. The van der Waals surface area contributed by atoms with Crippen molar-refractivity contribution in [3.8, 4) is 5.75 Å². The van der Waals surface area contributed by atoms with Gasteiger partial charge in [-0.05, 0) is 41.7 Å². The molecule has 27 heavy (non-hydrogen) atoms. The number of aryl methyl sites for hydroxylation is 1. The van der Waals surface area contributed by atoms with Crippen molar-refractivity contribution in [1.29, 1.82) is 0 Å². The predicted octanol–water partition coefficient (Wildman–Crippen LogP) is 2.07. The lowest BCUT2D eigenvalue weighted by atomic mass is 10.0. The van der Waals surface area contributed by atoms with E-state index in [0.29, 0.717) is 19.6 Å². The number of hydrogen-bond donors (Lipinski definition) is 1. The number of rotatable bonds is 5. The van der Waals surface area contributed by atoms with Crippen molar-refractivity contribution < 1.29 is 14.3 Å². The van der Waals surface area contributed by atoms with Crippen LogP contribution < -0.4 is 10.1 Å². The zero-order valence-corrected chi connectivity index (χ0v) is 15.2. The summed E-state index contributed by atoms with van der Waals surface area (Å²) in [6, 6.07) is 9.85. The molecule has 1 N–H and O–H groups in total. The minimum absolute atomic E-state index is 0.0185. The van der Waals surface area contributed by atoms with Gasteiger partial charge in [-0.2, -0.15) is 0 Å². The van der Waals surface area contributed by atoms with Crippen LogP contribution in [0.3, 0.4) is 0 Å². The van der Waals surface area contributed by atoms with Crippen molar-refractivity contribution in [2.45, 2.75) is 32.4 Å². The number of likely N-dealkylation sites (tertiary alicyclic amines) is 1. The van der Waals surface area contributed by atoms with Crippen LogP contribution in [0.5, 0.6) is 5.75 Å². The zero-order valence-electron chi connectivity index (χ0n) is 15.2. The van der Waals surface area contributed by atoms with Gasteiger partial charge in [-0.1, -0.05) is 18.2 Å². The maximum Gasteiger partial charge on any atom is 0.225 e. The number of carbonyl (C=O) groups excluding carboxylic acids is 2. The smallest absolute Gasteiger partial charge is 0.225 e. The van der Waals surface area contributed by atoms with Crippen LogP contribution in [0.2, 0.25) is 0 Å². The molecule has 3 heterocycles. The van der Waals surface area contributed by atoms with Gasteiger partial charge in [0.05, 0.1) is 12.5 Å². The molecular weight excluding hydrogens is 342 g/mol. The molecule has 0 unspecified atom stereocenters. The Hall–Kier alpha value is -2.89. The summed E-state index contributed by atoms with van der Waals surface area (Å²) in [5.41, 5.74) is 3.24. The van der Waals surface area contributed by atoms with Crippen LogP contribution in [0.15, 0.2) is 42.7 Å². The number of aromatic nitrogens is 1. The second-order valence-corrected chi connectivity index (χ2v) is 7.15. The first kappa shape index (κ1) is 17.5. The van der Waals surface area contributed by atoms with E-state index in [1.54, 1.807) is 17.3 Å². The average Bonchev–Trinajstić information content (AvgIpc) is 3.07. The molecule has 2 aliphatic rings. The summed E-state index contributed by atoms with van der Waals surface area (Å²) >= 11 is 0. The van der Waals surface area contributed by atoms with Gasteiger partial charge in [-0.25, -0.2) is 0 Å². The largest absolute Gasteiger partial charge is 0.493 e. The standard InChI is InChI=1S/C21H23N3O3/c25-20-10-18(14-24(20)13-16-3-1-7-22-11-16)21(26)23-12-15-5-6-19-17(9-15)4-2-8-27-19/h1,3,5-7,9,11,18H,2,4,8,10,12-14H2,(H,23,26)/t18-/m0/s1. The molecule has 1 saturated heterocycles. The van der Waals surface area contributed by atoms with Crippen molar-refractivity contribution in [3.05, 3.63) is 59.4 Å². The number of carbonyl (C=O) groups is 2. The highest BCUT2D eigenvalue weighted by atomic mass is 16.5. The second kappa shape index (κ2) is 7.78. The van der Waals surface area contributed by atoms with Crippen molar-refractivity contribution in [1.82, 2.24) is 15.2 Å². The van der Waals surface area contributed by atoms with E-state index in [2.05, 4.69) is 16.4 Å². The SMILES string of the molecule is O=C(NCc1ccc2c(c1)CCCO2)[C@H]1CC(=O)N(Cc2cccnc2)C1. The quantitative estimate of drug-likeness (QED) is 0.881. The average molecular weight is 365 g/mol. The Morgan fingerprint density at radius 3 is 3.07 bits per heavy atom. The fourth-order valence-corrected chi connectivity index (χ4v) is 3.67. The van der Waals surface area contributed by atoms with Gasteiger partial charge in [0.25, 0.3) is 0 Å². The molecule has 2 amide bonds. The Morgan fingerprint density at radius 2 is 2.22 bits per heavy atom. The molecule has 1 aromatic carbocycles. The molecule has 6 heteroatoms. The Labute approximate surface area is 158 Å². The fourth-order valence-electron chi connectivity index (χ4n) is 3.67.